The summed E-state index contributed by atoms with van der Waals surface area (Å²) < 4.78 is 0. The fourth-order valence-electron chi connectivity index (χ4n) is 1.76. The van der Waals surface area contributed by atoms with Crippen LogP contribution >= 0.6 is 11.6 Å². The van der Waals surface area contributed by atoms with Crippen molar-refractivity contribution in [3.05, 3.63) is 64.9 Å². The van der Waals surface area contributed by atoms with Gasteiger partial charge in [-0.05, 0) is 30.2 Å². The quantitative estimate of drug-likeness (QED) is 0.815. The van der Waals surface area contributed by atoms with E-state index in [0.29, 0.717) is 23.6 Å². The molecule has 21 heavy (non-hydrogen) atoms. The van der Waals surface area contributed by atoms with E-state index in [1.54, 1.807) is 42.4 Å². The smallest absolute Gasteiger partial charge is 0.255 e. The molecular weight excluding hydrogens is 284 g/mol. The molecule has 2 rings (SSSR count). The summed E-state index contributed by atoms with van der Waals surface area (Å²) in [5.74, 6) is 5.88. The fourth-order valence-corrected chi connectivity index (χ4v) is 1.97. The minimum atomic E-state index is -0.0970. The first-order valence-electron chi connectivity index (χ1n) is 6.58. The van der Waals surface area contributed by atoms with Crippen molar-refractivity contribution in [2.45, 2.75) is 6.42 Å². The highest BCUT2D eigenvalue weighted by atomic mass is 35.5. The van der Waals surface area contributed by atoms with E-state index in [1.165, 1.54) is 0 Å². The molecule has 0 aliphatic carbocycles. The number of nitrogens with zero attached hydrogens (tertiary/aromatic N) is 2. The van der Waals surface area contributed by atoms with Gasteiger partial charge in [-0.3, -0.25) is 4.79 Å². The van der Waals surface area contributed by atoms with Crippen LogP contribution in [0.2, 0.25) is 5.02 Å². The van der Waals surface area contributed by atoms with Crippen LogP contribution in [-0.2, 0) is 0 Å². The van der Waals surface area contributed by atoms with Crippen molar-refractivity contribution in [1.29, 1.82) is 0 Å². The molecule has 0 saturated heterocycles. The molecule has 0 unspecified atom stereocenters. The van der Waals surface area contributed by atoms with Crippen LogP contribution in [0.5, 0.6) is 0 Å². The zero-order valence-electron chi connectivity index (χ0n) is 11.7. The van der Waals surface area contributed by atoms with Crippen LogP contribution in [0.1, 0.15) is 22.5 Å². The maximum atomic E-state index is 12.2. The Balaban J connectivity index is 1.91. The molecule has 0 saturated carbocycles. The van der Waals surface area contributed by atoms with E-state index in [2.05, 4.69) is 16.8 Å². The molecule has 1 aromatic heterocycles. The van der Waals surface area contributed by atoms with Gasteiger partial charge in [-0.15, -0.1) is 0 Å². The first-order chi connectivity index (χ1) is 10.2. The Labute approximate surface area is 129 Å². The molecule has 0 N–H and O–H groups in total. The van der Waals surface area contributed by atoms with Crippen molar-refractivity contribution in [2.75, 3.05) is 13.6 Å². The molecule has 0 aliphatic heterocycles. The topological polar surface area (TPSA) is 33.2 Å². The van der Waals surface area contributed by atoms with Crippen molar-refractivity contribution >= 4 is 17.5 Å². The molecule has 2 aromatic rings. The number of rotatable bonds is 3. The van der Waals surface area contributed by atoms with Gasteiger partial charge in [-0.1, -0.05) is 35.7 Å². The van der Waals surface area contributed by atoms with Crippen molar-refractivity contribution in [1.82, 2.24) is 9.88 Å². The van der Waals surface area contributed by atoms with E-state index in [9.17, 15) is 4.79 Å². The Morgan fingerprint density at radius 2 is 2.00 bits per heavy atom. The minimum Gasteiger partial charge on any atom is -0.341 e. The van der Waals surface area contributed by atoms with E-state index < -0.39 is 0 Å². The lowest BCUT2D eigenvalue weighted by atomic mass is 10.2. The maximum Gasteiger partial charge on any atom is 0.255 e. The molecule has 0 radical (unpaired) electrons. The molecule has 0 atom stereocenters. The molecule has 0 bridgehead atoms. The van der Waals surface area contributed by atoms with E-state index >= 15 is 0 Å². The lowest BCUT2D eigenvalue weighted by molar-refractivity contribution is 0.0798. The molecule has 4 heteroatoms. The van der Waals surface area contributed by atoms with Crippen LogP contribution in [-0.4, -0.2) is 29.4 Å². The van der Waals surface area contributed by atoms with Gasteiger partial charge < -0.3 is 4.90 Å². The third kappa shape index (κ3) is 4.34. The molecule has 106 valence electrons. The second-order valence-electron chi connectivity index (χ2n) is 4.47. The molecule has 0 fully saturated rings. The molecule has 3 nitrogen and oxygen atoms in total. The van der Waals surface area contributed by atoms with E-state index in [1.807, 2.05) is 18.2 Å². The highest BCUT2D eigenvalue weighted by Gasteiger charge is 2.13. The Hall–Kier alpha value is -2.31. The van der Waals surface area contributed by atoms with E-state index in [4.69, 9.17) is 11.6 Å². The molecule has 0 aliphatic rings. The van der Waals surface area contributed by atoms with Crippen molar-refractivity contribution < 1.29 is 4.79 Å². The zero-order valence-corrected chi connectivity index (χ0v) is 12.5. The molecule has 1 amide bonds. The number of amides is 1. The van der Waals surface area contributed by atoms with Gasteiger partial charge in [-0.2, -0.15) is 0 Å². The van der Waals surface area contributed by atoms with Gasteiger partial charge in [0.25, 0.3) is 5.91 Å². The predicted molar refractivity (Wildman–Crippen MR) is 84.1 cm³/mol. The zero-order chi connectivity index (χ0) is 15.1. The summed E-state index contributed by atoms with van der Waals surface area (Å²) in [4.78, 5) is 17.9. The normalized spacial score (nSPS) is 9.62. The van der Waals surface area contributed by atoms with Gasteiger partial charge in [0.1, 0.15) is 5.69 Å². The number of aromatic nitrogens is 1. The first-order valence-corrected chi connectivity index (χ1v) is 6.96. The Kier molecular flexibility index (Phi) is 5.36. The SMILES string of the molecule is CN(CCC#Cc1ccccn1)C(=O)c1ccccc1Cl. The monoisotopic (exact) mass is 298 g/mol. The van der Waals surface area contributed by atoms with Gasteiger partial charge in [0, 0.05) is 26.2 Å². The highest BCUT2D eigenvalue weighted by Crippen LogP contribution is 2.16. The first kappa shape index (κ1) is 15.1. The van der Waals surface area contributed by atoms with Crippen LogP contribution < -0.4 is 0 Å². The van der Waals surface area contributed by atoms with Crippen LogP contribution in [0.25, 0.3) is 0 Å². The van der Waals surface area contributed by atoms with Crippen molar-refractivity contribution in [3.63, 3.8) is 0 Å². The number of hydrogen-bond donors (Lipinski definition) is 0. The second-order valence-corrected chi connectivity index (χ2v) is 4.88. The number of benzene rings is 1. The van der Waals surface area contributed by atoms with Crippen LogP contribution in [0.15, 0.2) is 48.7 Å². The predicted octanol–water partition coefficient (Wildman–Crippen LogP) is 3.25. The number of pyridine rings is 1. The Morgan fingerprint density at radius 1 is 1.24 bits per heavy atom. The van der Waals surface area contributed by atoms with Gasteiger partial charge in [0.15, 0.2) is 0 Å². The van der Waals surface area contributed by atoms with Gasteiger partial charge in [0.05, 0.1) is 10.6 Å². The average molecular weight is 299 g/mol. The summed E-state index contributed by atoms with van der Waals surface area (Å²) in [6, 6.07) is 12.6. The molecule has 0 spiro atoms. The standard InChI is InChI=1S/C17H15ClN2O/c1-20(17(21)15-10-2-3-11-16(15)18)13-7-5-9-14-8-4-6-12-19-14/h2-4,6,8,10-12H,7,13H2,1H3. The lowest BCUT2D eigenvalue weighted by Crippen LogP contribution is -2.27. The summed E-state index contributed by atoms with van der Waals surface area (Å²) in [6.45, 7) is 0.546. The number of hydrogen-bond acceptors (Lipinski definition) is 2. The van der Waals surface area contributed by atoms with Crippen LogP contribution in [0.3, 0.4) is 0 Å². The van der Waals surface area contributed by atoms with Gasteiger partial charge in [0.2, 0.25) is 0 Å². The van der Waals surface area contributed by atoms with E-state index in [-0.39, 0.29) is 5.91 Å². The number of carbonyl (C=O) groups excluding carboxylic acids is 1. The largest absolute Gasteiger partial charge is 0.341 e. The average Bonchev–Trinajstić information content (AvgIpc) is 2.52. The fraction of sp³-hybridized carbons (Fsp3) is 0.176. The maximum absolute atomic E-state index is 12.2. The van der Waals surface area contributed by atoms with Gasteiger partial charge in [-0.25, -0.2) is 4.98 Å². The lowest BCUT2D eigenvalue weighted by Gasteiger charge is -2.16. The summed E-state index contributed by atoms with van der Waals surface area (Å²) in [5, 5.41) is 0.467. The summed E-state index contributed by atoms with van der Waals surface area (Å²) in [6.07, 6.45) is 2.29. The highest BCUT2D eigenvalue weighted by molar-refractivity contribution is 6.33. The number of carbonyl (C=O) groups is 1. The van der Waals surface area contributed by atoms with Crippen LogP contribution in [0.4, 0.5) is 0 Å². The summed E-state index contributed by atoms with van der Waals surface area (Å²) >= 11 is 6.02. The Morgan fingerprint density at radius 3 is 2.71 bits per heavy atom. The molecule has 1 aromatic carbocycles. The second kappa shape index (κ2) is 7.47. The van der Waals surface area contributed by atoms with E-state index in [0.717, 1.165) is 5.69 Å². The number of halogens is 1. The third-order valence-electron chi connectivity index (χ3n) is 2.90. The summed E-state index contributed by atoms with van der Waals surface area (Å²) in [5.41, 5.74) is 1.25. The Bertz CT molecular complexity index is 674. The van der Waals surface area contributed by atoms with Crippen molar-refractivity contribution in [3.8, 4) is 11.8 Å². The third-order valence-corrected chi connectivity index (χ3v) is 3.23. The molecule has 1 heterocycles. The molecular formula is C17H15ClN2O. The van der Waals surface area contributed by atoms with Gasteiger partial charge >= 0.3 is 0 Å². The van der Waals surface area contributed by atoms with Crippen LogP contribution in [0, 0.1) is 11.8 Å². The minimum absolute atomic E-state index is 0.0970. The summed E-state index contributed by atoms with van der Waals surface area (Å²) in [7, 11) is 1.74. The van der Waals surface area contributed by atoms with Crippen molar-refractivity contribution in [2.24, 2.45) is 0 Å².